The van der Waals surface area contributed by atoms with Crippen molar-refractivity contribution in [3.05, 3.63) is 47.8 Å². The van der Waals surface area contributed by atoms with Crippen molar-refractivity contribution in [1.82, 2.24) is 19.8 Å². The summed E-state index contributed by atoms with van der Waals surface area (Å²) in [6.45, 7) is 2.21. The summed E-state index contributed by atoms with van der Waals surface area (Å²) in [5.41, 5.74) is 1.93. The molecule has 140 valence electrons. The summed E-state index contributed by atoms with van der Waals surface area (Å²) in [4.78, 5) is 14.4. The van der Waals surface area contributed by atoms with E-state index in [2.05, 4.69) is 20.6 Å². The minimum atomic E-state index is -4.67. The predicted molar refractivity (Wildman–Crippen MR) is 91.4 cm³/mol. The van der Waals surface area contributed by atoms with E-state index in [1.54, 1.807) is 11.8 Å². The smallest absolute Gasteiger partial charge is 0.357 e. The first-order valence-corrected chi connectivity index (χ1v) is 8.30. The van der Waals surface area contributed by atoms with Gasteiger partial charge in [0.2, 0.25) is 5.91 Å². The Morgan fingerprint density at radius 1 is 1.19 bits per heavy atom. The van der Waals surface area contributed by atoms with Gasteiger partial charge in [0.15, 0.2) is 5.65 Å². The molecule has 0 radical (unpaired) electrons. The van der Waals surface area contributed by atoms with Gasteiger partial charge in [-0.3, -0.25) is 4.79 Å². The molecule has 1 aliphatic rings. The van der Waals surface area contributed by atoms with E-state index in [-0.39, 0.29) is 17.4 Å². The van der Waals surface area contributed by atoms with Crippen molar-refractivity contribution in [3.63, 3.8) is 0 Å². The Kier molecular flexibility index (Phi) is 3.97. The zero-order chi connectivity index (χ0) is 19.2. The van der Waals surface area contributed by atoms with Crippen LogP contribution in [0.4, 0.5) is 24.7 Å². The van der Waals surface area contributed by atoms with E-state index in [0.717, 1.165) is 17.7 Å². The van der Waals surface area contributed by atoms with E-state index >= 15 is 0 Å². The van der Waals surface area contributed by atoms with Gasteiger partial charge >= 0.3 is 6.18 Å². The third-order valence-electron chi connectivity index (χ3n) is 4.40. The van der Waals surface area contributed by atoms with E-state index in [1.165, 1.54) is 12.1 Å². The van der Waals surface area contributed by atoms with Gasteiger partial charge in [-0.25, -0.2) is 0 Å². The van der Waals surface area contributed by atoms with Gasteiger partial charge in [-0.15, -0.1) is 15.3 Å². The van der Waals surface area contributed by atoms with Crippen LogP contribution in [0.25, 0.3) is 5.65 Å². The zero-order valence-corrected chi connectivity index (χ0v) is 14.2. The Morgan fingerprint density at radius 3 is 2.74 bits per heavy atom. The minimum Gasteiger partial charge on any atom is -0.357 e. The monoisotopic (exact) mass is 376 g/mol. The minimum absolute atomic E-state index is 0.0275. The number of fused-ring (bicyclic) bond motifs is 2. The third-order valence-corrected chi connectivity index (χ3v) is 4.40. The molecule has 2 aromatic heterocycles. The molecule has 10 heteroatoms. The number of carbonyl (C=O) groups is 1. The average Bonchev–Trinajstić information content (AvgIpc) is 3.24. The molecule has 1 N–H and O–H groups in total. The molecule has 0 saturated carbocycles. The lowest BCUT2D eigenvalue weighted by Gasteiger charge is -2.22. The molecule has 0 spiro atoms. The number of nitrogens with zero attached hydrogens (tertiary/aromatic N) is 5. The van der Waals surface area contributed by atoms with Crippen molar-refractivity contribution in [1.29, 1.82) is 0 Å². The molecule has 3 heterocycles. The third kappa shape index (κ3) is 3.07. The van der Waals surface area contributed by atoms with E-state index in [0.29, 0.717) is 11.1 Å². The number of hydrogen-bond donors (Lipinski definition) is 1. The highest BCUT2D eigenvalue weighted by atomic mass is 19.4. The van der Waals surface area contributed by atoms with Crippen molar-refractivity contribution in [3.8, 4) is 0 Å². The van der Waals surface area contributed by atoms with Crippen LogP contribution in [0, 0.1) is 0 Å². The summed E-state index contributed by atoms with van der Waals surface area (Å²) in [5.74, 6) is -1.27. The first-order chi connectivity index (χ1) is 12.8. The van der Waals surface area contributed by atoms with Crippen LogP contribution in [-0.4, -0.2) is 38.3 Å². The first-order valence-electron chi connectivity index (χ1n) is 8.30. The second-order valence-electron chi connectivity index (χ2n) is 6.24. The van der Waals surface area contributed by atoms with Crippen LogP contribution in [0.2, 0.25) is 0 Å². The number of aromatic nitrogens is 4. The molecule has 4 rings (SSSR count). The normalized spacial score (nSPS) is 15.0. The van der Waals surface area contributed by atoms with Crippen molar-refractivity contribution in [2.75, 3.05) is 16.8 Å². The standard InChI is InChI=1S/C17H15F3N6O/c1-10(15(27)25-9-8-11-4-2-3-5-12(11)25)21-13-6-7-14-22-23-16(17(18,19)20)26(14)24-13/h2-7,10H,8-9H2,1H3,(H,21,24). The number of rotatable bonds is 3. The molecule has 0 aliphatic carbocycles. The van der Waals surface area contributed by atoms with Crippen molar-refractivity contribution in [2.45, 2.75) is 25.6 Å². The fourth-order valence-corrected chi connectivity index (χ4v) is 3.13. The molecule has 7 nitrogen and oxygen atoms in total. The molecule has 1 aliphatic heterocycles. The van der Waals surface area contributed by atoms with Gasteiger partial charge < -0.3 is 10.2 Å². The Hall–Kier alpha value is -3.17. The SMILES string of the molecule is CC(Nc1ccc2nnc(C(F)(F)F)n2n1)C(=O)N1CCc2ccccc21. The average molecular weight is 376 g/mol. The molecule has 1 unspecified atom stereocenters. The molecule has 27 heavy (non-hydrogen) atoms. The Labute approximate surface area is 151 Å². The number of amides is 1. The maximum absolute atomic E-state index is 13.0. The maximum Gasteiger partial charge on any atom is 0.453 e. The molecule has 0 fully saturated rings. The Morgan fingerprint density at radius 2 is 1.96 bits per heavy atom. The number of alkyl halides is 3. The van der Waals surface area contributed by atoms with Gasteiger partial charge in [-0.1, -0.05) is 18.2 Å². The van der Waals surface area contributed by atoms with Crippen LogP contribution in [0.1, 0.15) is 18.3 Å². The number of halogens is 3. The molecule has 0 saturated heterocycles. The molecular weight excluding hydrogens is 361 g/mol. The maximum atomic E-state index is 13.0. The van der Waals surface area contributed by atoms with Crippen molar-refractivity contribution < 1.29 is 18.0 Å². The topological polar surface area (TPSA) is 75.4 Å². The largest absolute Gasteiger partial charge is 0.453 e. The molecule has 3 aromatic rings. The highest BCUT2D eigenvalue weighted by molar-refractivity contribution is 6.00. The number of benzene rings is 1. The fraction of sp³-hybridized carbons (Fsp3) is 0.294. The van der Waals surface area contributed by atoms with Gasteiger partial charge in [-0.2, -0.15) is 17.7 Å². The summed E-state index contributed by atoms with van der Waals surface area (Å²) in [6, 6.07) is 9.79. The van der Waals surface area contributed by atoms with E-state index in [4.69, 9.17) is 0 Å². The van der Waals surface area contributed by atoms with Gasteiger partial charge in [0.25, 0.3) is 5.82 Å². The quantitative estimate of drug-likeness (QED) is 0.760. The van der Waals surface area contributed by atoms with Crippen LogP contribution in [0.5, 0.6) is 0 Å². The lowest BCUT2D eigenvalue weighted by molar-refractivity contribution is -0.146. The van der Waals surface area contributed by atoms with E-state index in [1.807, 2.05) is 24.3 Å². The number of hydrogen-bond acceptors (Lipinski definition) is 5. The molecular formula is C17H15F3N6O. The Bertz CT molecular complexity index is 1020. The fourth-order valence-electron chi connectivity index (χ4n) is 3.13. The number of nitrogens with one attached hydrogen (secondary N) is 1. The summed E-state index contributed by atoms with van der Waals surface area (Å²) in [7, 11) is 0. The first kappa shape index (κ1) is 17.3. The Balaban J connectivity index is 1.56. The van der Waals surface area contributed by atoms with Crippen LogP contribution in [0.3, 0.4) is 0 Å². The summed E-state index contributed by atoms with van der Waals surface area (Å²) >= 11 is 0. The van der Waals surface area contributed by atoms with E-state index in [9.17, 15) is 18.0 Å². The van der Waals surface area contributed by atoms with Gasteiger partial charge in [-0.05, 0) is 37.1 Å². The predicted octanol–water partition coefficient (Wildman–Crippen LogP) is 2.53. The lowest BCUT2D eigenvalue weighted by atomic mass is 10.2. The van der Waals surface area contributed by atoms with Crippen LogP contribution in [-0.2, 0) is 17.4 Å². The van der Waals surface area contributed by atoms with Crippen LogP contribution in [0.15, 0.2) is 36.4 Å². The van der Waals surface area contributed by atoms with Crippen LogP contribution >= 0.6 is 0 Å². The van der Waals surface area contributed by atoms with Gasteiger partial charge in [0.05, 0.1) is 0 Å². The second-order valence-corrected chi connectivity index (χ2v) is 6.24. The highest BCUT2D eigenvalue weighted by Crippen LogP contribution is 2.29. The summed E-state index contributed by atoms with van der Waals surface area (Å²) in [5, 5.41) is 13.3. The zero-order valence-electron chi connectivity index (χ0n) is 14.2. The lowest BCUT2D eigenvalue weighted by Crippen LogP contribution is -2.40. The molecule has 1 atom stereocenters. The summed E-state index contributed by atoms with van der Waals surface area (Å²) < 4.78 is 39.5. The number of carbonyl (C=O) groups excluding carboxylic acids is 1. The molecule has 0 bridgehead atoms. The van der Waals surface area contributed by atoms with Crippen molar-refractivity contribution in [2.24, 2.45) is 0 Å². The number of anilines is 2. The van der Waals surface area contributed by atoms with Crippen molar-refractivity contribution >= 4 is 23.1 Å². The summed E-state index contributed by atoms with van der Waals surface area (Å²) in [6.07, 6.45) is -3.90. The molecule has 1 amide bonds. The van der Waals surface area contributed by atoms with Gasteiger partial charge in [0.1, 0.15) is 11.9 Å². The van der Waals surface area contributed by atoms with Crippen LogP contribution < -0.4 is 10.2 Å². The molecule has 1 aromatic carbocycles. The number of para-hydroxylation sites is 1. The van der Waals surface area contributed by atoms with Gasteiger partial charge in [0, 0.05) is 12.2 Å². The second kappa shape index (κ2) is 6.22. The van der Waals surface area contributed by atoms with E-state index < -0.39 is 18.0 Å². The highest BCUT2D eigenvalue weighted by Gasteiger charge is 2.37.